The lowest BCUT2D eigenvalue weighted by Crippen LogP contribution is -2.32. The third-order valence-electron chi connectivity index (χ3n) is 5.58. The Bertz CT molecular complexity index is 748. The molecule has 148 valence electrons. The molecule has 8 nitrogen and oxygen atoms in total. The highest BCUT2D eigenvalue weighted by atomic mass is 16.5. The first kappa shape index (κ1) is 18.4. The molecule has 2 aromatic rings. The van der Waals surface area contributed by atoms with Gasteiger partial charge in [0, 0.05) is 31.4 Å². The fourth-order valence-corrected chi connectivity index (χ4v) is 3.83. The first-order chi connectivity index (χ1) is 13.2. The summed E-state index contributed by atoms with van der Waals surface area (Å²) in [6, 6.07) is 0.365. The number of aromatic nitrogens is 4. The average molecular weight is 374 g/mol. The van der Waals surface area contributed by atoms with E-state index in [2.05, 4.69) is 34.9 Å². The molecule has 0 amide bonds. The zero-order chi connectivity index (χ0) is 18.6. The largest absolute Gasteiger partial charge is 0.381 e. The van der Waals surface area contributed by atoms with Crippen LogP contribution < -0.4 is 16.0 Å². The molecule has 0 atom stereocenters. The van der Waals surface area contributed by atoms with Crippen LogP contribution in [-0.2, 0) is 4.74 Å². The van der Waals surface area contributed by atoms with E-state index < -0.39 is 0 Å². The number of rotatable bonds is 6. The van der Waals surface area contributed by atoms with Crippen molar-refractivity contribution in [1.29, 1.82) is 0 Å². The van der Waals surface area contributed by atoms with Crippen LogP contribution in [0, 0.1) is 5.92 Å². The summed E-state index contributed by atoms with van der Waals surface area (Å²) in [6.45, 7) is 9.05. The molecule has 3 N–H and O–H groups in total. The second-order valence-corrected chi connectivity index (χ2v) is 7.97. The molecule has 2 aliphatic heterocycles. The molecular formula is C19H31N7O. The van der Waals surface area contributed by atoms with Crippen molar-refractivity contribution in [3.05, 3.63) is 11.8 Å². The van der Waals surface area contributed by atoms with E-state index in [0.29, 0.717) is 23.8 Å². The maximum atomic E-state index is 5.46. The van der Waals surface area contributed by atoms with Crippen molar-refractivity contribution in [3.8, 4) is 0 Å². The van der Waals surface area contributed by atoms with Crippen LogP contribution in [0.15, 0.2) is 6.20 Å². The zero-order valence-corrected chi connectivity index (χ0v) is 16.4. The molecule has 0 bridgehead atoms. The van der Waals surface area contributed by atoms with Gasteiger partial charge in [-0.3, -0.25) is 0 Å². The van der Waals surface area contributed by atoms with E-state index in [4.69, 9.17) is 14.7 Å². The SMILES string of the molecule is CC(C)c1cnn2c(NCC3CCNCC3)nc(NC3CCOCC3)nc12. The normalized spacial score (nSPS) is 19.7. The number of hydrogen-bond donors (Lipinski definition) is 3. The second-order valence-electron chi connectivity index (χ2n) is 7.97. The van der Waals surface area contributed by atoms with Crippen LogP contribution in [0.4, 0.5) is 11.9 Å². The van der Waals surface area contributed by atoms with Gasteiger partial charge in [-0.2, -0.15) is 19.6 Å². The van der Waals surface area contributed by atoms with Crippen molar-refractivity contribution in [2.75, 3.05) is 43.5 Å². The summed E-state index contributed by atoms with van der Waals surface area (Å²) in [5.41, 5.74) is 2.04. The molecule has 4 heterocycles. The highest BCUT2D eigenvalue weighted by molar-refractivity contribution is 5.55. The minimum atomic E-state index is 0.365. The molecule has 0 aliphatic carbocycles. The van der Waals surface area contributed by atoms with Crippen LogP contribution in [0.1, 0.15) is 51.0 Å². The lowest BCUT2D eigenvalue weighted by molar-refractivity contribution is 0.0903. The molecule has 0 saturated carbocycles. The average Bonchev–Trinajstić information content (AvgIpc) is 3.12. The molecule has 0 radical (unpaired) electrons. The van der Waals surface area contributed by atoms with Crippen molar-refractivity contribution < 1.29 is 4.74 Å². The maximum Gasteiger partial charge on any atom is 0.229 e. The van der Waals surface area contributed by atoms with E-state index in [-0.39, 0.29) is 0 Å². The minimum absolute atomic E-state index is 0.365. The molecule has 4 rings (SSSR count). The molecule has 0 unspecified atom stereocenters. The van der Waals surface area contributed by atoms with Crippen molar-refractivity contribution in [2.24, 2.45) is 5.92 Å². The van der Waals surface area contributed by atoms with Gasteiger partial charge < -0.3 is 20.7 Å². The van der Waals surface area contributed by atoms with E-state index in [9.17, 15) is 0 Å². The van der Waals surface area contributed by atoms with Gasteiger partial charge in [-0.15, -0.1) is 0 Å². The van der Waals surface area contributed by atoms with Crippen LogP contribution in [-0.4, -0.2) is 58.5 Å². The van der Waals surface area contributed by atoms with E-state index in [0.717, 1.165) is 62.8 Å². The number of hydrogen-bond acceptors (Lipinski definition) is 7. The topological polar surface area (TPSA) is 88.4 Å². The second kappa shape index (κ2) is 8.39. The van der Waals surface area contributed by atoms with Gasteiger partial charge in [-0.1, -0.05) is 13.8 Å². The Morgan fingerprint density at radius 3 is 2.70 bits per heavy atom. The Morgan fingerprint density at radius 2 is 1.96 bits per heavy atom. The summed E-state index contributed by atoms with van der Waals surface area (Å²) in [4.78, 5) is 9.56. The van der Waals surface area contributed by atoms with Gasteiger partial charge in [0.2, 0.25) is 11.9 Å². The van der Waals surface area contributed by atoms with Crippen molar-refractivity contribution in [3.63, 3.8) is 0 Å². The van der Waals surface area contributed by atoms with Crippen molar-refractivity contribution in [2.45, 2.75) is 51.5 Å². The number of nitrogens with one attached hydrogen (secondary N) is 3. The van der Waals surface area contributed by atoms with Crippen molar-refractivity contribution in [1.82, 2.24) is 24.9 Å². The predicted octanol–water partition coefficient (Wildman–Crippen LogP) is 2.25. The van der Waals surface area contributed by atoms with Gasteiger partial charge in [-0.25, -0.2) is 0 Å². The summed E-state index contributed by atoms with van der Waals surface area (Å²) in [7, 11) is 0. The summed E-state index contributed by atoms with van der Waals surface area (Å²) < 4.78 is 7.32. The number of fused-ring (bicyclic) bond motifs is 1. The molecular weight excluding hydrogens is 342 g/mol. The quantitative estimate of drug-likeness (QED) is 0.716. The third-order valence-corrected chi connectivity index (χ3v) is 5.58. The number of anilines is 2. The van der Waals surface area contributed by atoms with Gasteiger partial charge in [0.25, 0.3) is 0 Å². The standard InChI is InChI=1S/C19H31N7O/c1-13(2)16-12-22-26-17(16)24-18(23-15-5-9-27-10-6-15)25-19(26)21-11-14-3-7-20-8-4-14/h12-15,20H,3-11H2,1-2H3,(H2,21,23,24,25). The van der Waals surface area contributed by atoms with E-state index >= 15 is 0 Å². The predicted molar refractivity (Wildman–Crippen MR) is 106 cm³/mol. The van der Waals surface area contributed by atoms with Crippen LogP contribution >= 0.6 is 0 Å². The Morgan fingerprint density at radius 1 is 1.19 bits per heavy atom. The van der Waals surface area contributed by atoms with Crippen molar-refractivity contribution >= 4 is 17.5 Å². The Labute approximate surface area is 160 Å². The lowest BCUT2D eigenvalue weighted by atomic mass is 9.98. The summed E-state index contributed by atoms with van der Waals surface area (Å²) in [6.07, 6.45) is 6.30. The minimum Gasteiger partial charge on any atom is -0.381 e. The highest BCUT2D eigenvalue weighted by Crippen LogP contribution is 2.23. The van der Waals surface area contributed by atoms with Crippen LogP contribution in [0.3, 0.4) is 0 Å². The van der Waals surface area contributed by atoms with Gasteiger partial charge in [0.15, 0.2) is 5.65 Å². The molecule has 2 saturated heterocycles. The molecule has 2 aromatic heterocycles. The smallest absolute Gasteiger partial charge is 0.229 e. The Kier molecular flexibility index (Phi) is 5.73. The Balaban J connectivity index is 1.58. The van der Waals surface area contributed by atoms with E-state index in [1.165, 1.54) is 12.8 Å². The summed E-state index contributed by atoms with van der Waals surface area (Å²) in [5.74, 6) is 2.50. The van der Waals surface area contributed by atoms with Gasteiger partial charge in [0.05, 0.1) is 6.20 Å². The molecule has 2 fully saturated rings. The molecule has 2 aliphatic rings. The zero-order valence-electron chi connectivity index (χ0n) is 16.4. The molecule has 0 spiro atoms. The summed E-state index contributed by atoms with van der Waals surface area (Å²) in [5, 5.41) is 15.0. The van der Waals surface area contributed by atoms with E-state index in [1.807, 2.05) is 10.7 Å². The first-order valence-corrected chi connectivity index (χ1v) is 10.2. The van der Waals surface area contributed by atoms with Gasteiger partial charge in [0.1, 0.15) is 0 Å². The lowest BCUT2D eigenvalue weighted by Gasteiger charge is -2.24. The van der Waals surface area contributed by atoms with Crippen LogP contribution in [0.25, 0.3) is 5.65 Å². The van der Waals surface area contributed by atoms with Gasteiger partial charge in [-0.05, 0) is 50.6 Å². The molecule has 27 heavy (non-hydrogen) atoms. The maximum absolute atomic E-state index is 5.46. The highest BCUT2D eigenvalue weighted by Gasteiger charge is 2.20. The van der Waals surface area contributed by atoms with E-state index in [1.54, 1.807) is 0 Å². The molecule has 0 aromatic carbocycles. The molecule has 8 heteroatoms. The number of piperidine rings is 1. The number of nitrogens with zero attached hydrogens (tertiary/aromatic N) is 4. The van der Waals surface area contributed by atoms with Crippen LogP contribution in [0.5, 0.6) is 0 Å². The fraction of sp³-hybridized carbons (Fsp3) is 0.737. The van der Waals surface area contributed by atoms with Gasteiger partial charge >= 0.3 is 0 Å². The number of ether oxygens (including phenoxy) is 1. The first-order valence-electron chi connectivity index (χ1n) is 10.2. The summed E-state index contributed by atoms with van der Waals surface area (Å²) >= 11 is 0. The fourth-order valence-electron chi connectivity index (χ4n) is 3.83. The Hall–Kier alpha value is -1.93. The third kappa shape index (κ3) is 4.32. The van der Waals surface area contributed by atoms with Crippen LogP contribution in [0.2, 0.25) is 0 Å². The monoisotopic (exact) mass is 373 g/mol.